The zero-order valence-electron chi connectivity index (χ0n) is 17.1. The Labute approximate surface area is 187 Å². The van der Waals surface area contributed by atoms with Crippen LogP contribution in [0.4, 0.5) is 4.39 Å². The lowest BCUT2D eigenvalue weighted by atomic mass is 9.88. The van der Waals surface area contributed by atoms with Gasteiger partial charge in [-0.1, -0.05) is 24.6 Å². The lowest BCUT2D eigenvalue weighted by Gasteiger charge is -2.25. The molecular formula is C19H19ClFN5O5S. The average Bonchev–Trinajstić information content (AvgIpc) is 3.15. The second-order valence-electron chi connectivity index (χ2n) is 7.11. The number of amides is 1. The summed E-state index contributed by atoms with van der Waals surface area (Å²) in [5.74, 6) is -3.80. The Hall–Kier alpha value is -3.09. The van der Waals surface area contributed by atoms with Gasteiger partial charge in [0, 0.05) is 12.1 Å². The molecule has 1 amide bonds. The first kappa shape index (κ1) is 23.6. The molecule has 0 unspecified atom stereocenters. The van der Waals surface area contributed by atoms with E-state index in [1.807, 2.05) is 0 Å². The highest BCUT2D eigenvalue weighted by Gasteiger charge is 2.35. The van der Waals surface area contributed by atoms with Gasteiger partial charge in [0.15, 0.2) is 5.03 Å². The monoisotopic (exact) mass is 483 g/mol. The molecule has 0 radical (unpaired) electrons. The van der Waals surface area contributed by atoms with Crippen molar-refractivity contribution in [2.45, 2.75) is 37.8 Å². The van der Waals surface area contributed by atoms with Crippen molar-refractivity contribution < 1.29 is 22.0 Å². The van der Waals surface area contributed by atoms with Gasteiger partial charge in [-0.2, -0.15) is 4.72 Å². The maximum atomic E-state index is 14.7. The number of nitrogens with one attached hydrogen (secondary N) is 2. The Balaban J connectivity index is 2.14. The highest BCUT2D eigenvalue weighted by Crippen LogP contribution is 2.35. The molecule has 0 bridgehead atoms. The van der Waals surface area contributed by atoms with Crippen molar-refractivity contribution in [3.05, 3.63) is 73.9 Å². The van der Waals surface area contributed by atoms with Crippen LogP contribution in [0.5, 0.6) is 0 Å². The molecule has 10 nitrogen and oxygen atoms in total. The van der Waals surface area contributed by atoms with E-state index in [1.165, 1.54) is 13.0 Å². The quantitative estimate of drug-likeness (QED) is 0.463. The second-order valence-corrected chi connectivity index (χ2v) is 9.18. The highest BCUT2D eigenvalue weighted by molar-refractivity contribution is 7.89. The molecule has 32 heavy (non-hydrogen) atoms. The topological polar surface area (TPSA) is 161 Å². The number of primary amides is 1. The summed E-state index contributed by atoms with van der Waals surface area (Å²) in [6.45, 7) is 5.00. The van der Waals surface area contributed by atoms with E-state index >= 15 is 0 Å². The van der Waals surface area contributed by atoms with E-state index in [0.717, 1.165) is 17.8 Å². The molecular weight excluding hydrogens is 465 g/mol. The fourth-order valence-corrected chi connectivity index (χ4v) is 4.86. The number of rotatable bonds is 7. The number of carbonyl (C=O) groups excluding carboxylic acids is 1. The van der Waals surface area contributed by atoms with Crippen LogP contribution < -0.4 is 16.2 Å². The number of aromatic nitrogens is 3. The number of hydrogen-bond donors (Lipinski definition) is 3. The fourth-order valence-electron chi connectivity index (χ4n) is 3.31. The van der Waals surface area contributed by atoms with E-state index in [2.05, 4.69) is 19.9 Å². The van der Waals surface area contributed by atoms with Gasteiger partial charge in [-0.3, -0.25) is 4.79 Å². The third-order valence-corrected chi connectivity index (χ3v) is 6.63. The first-order valence-electron chi connectivity index (χ1n) is 9.21. The third kappa shape index (κ3) is 4.56. The van der Waals surface area contributed by atoms with Gasteiger partial charge < -0.3 is 10.2 Å². The van der Waals surface area contributed by atoms with Crippen LogP contribution in [0, 0.1) is 19.7 Å². The summed E-state index contributed by atoms with van der Waals surface area (Å²) in [5.41, 5.74) is 6.38. The van der Waals surface area contributed by atoms with E-state index in [0.29, 0.717) is 5.56 Å². The fraction of sp³-hybridized carbons (Fsp3) is 0.263. The van der Waals surface area contributed by atoms with E-state index in [9.17, 15) is 22.4 Å². The molecule has 3 rings (SSSR count). The van der Waals surface area contributed by atoms with E-state index in [-0.39, 0.29) is 16.5 Å². The number of nitrogens with two attached hydrogens (primary N) is 1. The lowest BCUT2D eigenvalue weighted by Crippen LogP contribution is -2.34. The summed E-state index contributed by atoms with van der Waals surface area (Å²) in [6.07, 6.45) is 1.03. The normalized spacial score (nSPS) is 13.7. The molecule has 0 fully saturated rings. The van der Waals surface area contributed by atoms with Crippen LogP contribution in [0.15, 0.2) is 38.6 Å². The van der Waals surface area contributed by atoms with Crippen molar-refractivity contribution in [2.24, 2.45) is 5.73 Å². The maximum absolute atomic E-state index is 14.7. The van der Waals surface area contributed by atoms with Crippen LogP contribution in [0.1, 0.15) is 51.8 Å². The van der Waals surface area contributed by atoms with Gasteiger partial charge in [-0.25, -0.2) is 27.7 Å². The average molecular weight is 484 g/mol. The van der Waals surface area contributed by atoms with E-state index in [4.69, 9.17) is 21.8 Å². The summed E-state index contributed by atoms with van der Waals surface area (Å²) in [5, 5.41) is 5.07. The van der Waals surface area contributed by atoms with Crippen LogP contribution in [0.25, 0.3) is 0 Å². The molecule has 2 atom stereocenters. The Morgan fingerprint density at radius 1 is 1.34 bits per heavy atom. The number of carbonyl (C=O) groups is 1. The third-order valence-electron chi connectivity index (χ3n) is 5.03. The first-order valence-corrected chi connectivity index (χ1v) is 11.1. The minimum absolute atomic E-state index is 0.00146. The number of benzene rings is 1. The van der Waals surface area contributed by atoms with Gasteiger partial charge in [-0.05, 0) is 42.7 Å². The SMILES string of the molecule is Cc1ccc(F)c([C@@H](C)[C@H](NS(=O)(=O)c2ncc(Cl)cc2C(N)=O)c2n[nH]c(=O)o2)c1C. The molecule has 3 aromatic rings. The van der Waals surface area contributed by atoms with Crippen LogP contribution in [-0.2, 0) is 10.0 Å². The van der Waals surface area contributed by atoms with Gasteiger partial charge in [0.2, 0.25) is 5.89 Å². The number of aromatic amines is 1. The molecule has 13 heteroatoms. The number of nitrogens with zero attached hydrogens (tertiary/aromatic N) is 2. The van der Waals surface area contributed by atoms with Crippen molar-refractivity contribution in [2.75, 3.05) is 0 Å². The van der Waals surface area contributed by atoms with Crippen molar-refractivity contribution in [3.63, 3.8) is 0 Å². The van der Waals surface area contributed by atoms with Gasteiger partial charge in [0.05, 0.1) is 10.6 Å². The van der Waals surface area contributed by atoms with Crippen LogP contribution >= 0.6 is 11.6 Å². The summed E-state index contributed by atoms with van der Waals surface area (Å²) >= 11 is 5.80. The molecule has 0 aliphatic heterocycles. The molecule has 170 valence electrons. The van der Waals surface area contributed by atoms with Gasteiger partial charge in [0.1, 0.15) is 11.9 Å². The Morgan fingerprint density at radius 3 is 2.62 bits per heavy atom. The number of hydrogen-bond acceptors (Lipinski definition) is 7. The van der Waals surface area contributed by atoms with Crippen LogP contribution in [0.3, 0.4) is 0 Å². The van der Waals surface area contributed by atoms with E-state index in [1.54, 1.807) is 19.9 Å². The molecule has 2 heterocycles. The number of halogens is 2. The molecule has 0 spiro atoms. The summed E-state index contributed by atoms with van der Waals surface area (Å²) in [4.78, 5) is 27.0. The molecule has 2 aromatic heterocycles. The van der Waals surface area contributed by atoms with Crippen molar-refractivity contribution in [1.82, 2.24) is 19.9 Å². The summed E-state index contributed by atoms with van der Waals surface area (Å²) in [6, 6.07) is 2.56. The Bertz CT molecular complexity index is 1350. The number of sulfonamides is 1. The second kappa shape index (κ2) is 8.81. The Kier molecular flexibility index (Phi) is 6.49. The molecule has 1 aromatic carbocycles. The molecule has 0 aliphatic carbocycles. The van der Waals surface area contributed by atoms with Gasteiger partial charge >= 0.3 is 5.76 Å². The maximum Gasteiger partial charge on any atom is 0.434 e. The molecule has 0 saturated carbocycles. The predicted molar refractivity (Wildman–Crippen MR) is 112 cm³/mol. The van der Waals surface area contributed by atoms with Crippen LogP contribution in [-0.4, -0.2) is 29.5 Å². The highest BCUT2D eigenvalue weighted by atomic mass is 35.5. The van der Waals surface area contributed by atoms with Crippen molar-refractivity contribution in [3.8, 4) is 0 Å². The first-order chi connectivity index (χ1) is 14.9. The number of pyridine rings is 1. The van der Waals surface area contributed by atoms with Crippen molar-refractivity contribution >= 4 is 27.5 Å². The molecule has 0 aliphatic rings. The number of H-pyrrole nitrogens is 1. The predicted octanol–water partition coefficient (Wildman–Crippen LogP) is 2.09. The Morgan fingerprint density at radius 2 is 2.03 bits per heavy atom. The summed E-state index contributed by atoms with van der Waals surface area (Å²) < 4.78 is 48.3. The van der Waals surface area contributed by atoms with Crippen molar-refractivity contribution in [1.29, 1.82) is 0 Å². The van der Waals surface area contributed by atoms with Crippen LogP contribution in [0.2, 0.25) is 5.02 Å². The minimum atomic E-state index is -4.54. The standard InChI is InChI=1S/C19H19ClFN5O5S/c1-8-4-5-13(21)14(9(8)2)10(3)15(17-24-25-19(28)31-17)26-32(29,30)18-12(16(22)27)6-11(20)7-23-18/h4-7,10,15,26H,1-3H3,(H2,22,27)(H,25,28)/t10-,15+/m1/s1. The molecule has 4 N–H and O–H groups in total. The summed E-state index contributed by atoms with van der Waals surface area (Å²) in [7, 11) is -4.54. The van der Waals surface area contributed by atoms with Gasteiger partial charge in [-0.15, -0.1) is 5.10 Å². The zero-order chi connectivity index (χ0) is 23.8. The smallest absolute Gasteiger partial charge is 0.391 e. The van der Waals surface area contributed by atoms with E-state index < -0.39 is 50.1 Å². The molecule has 0 saturated heterocycles. The largest absolute Gasteiger partial charge is 0.434 e. The zero-order valence-corrected chi connectivity index (χ0v) is 18.7. The number of aryl methyl sites for hydroxylation is 1. The van der Waals surface area contributed by atoms with Gasteiger partial charge in [0.25, 0.3) is 15.9 Å². The minimum Gasteiger partial charge on any atom is -0.391 e. The lowest BCUT2D eigenvalue weighted by molar-refractivity contribution is 0.0996.